The molecular weight excluding hydrogens is 542 g/mol. The van der Waals surface area contributed by atoms with Gasteiger partial charge in [0.15, 0.2) is 0 Å². The number of carbonyl (C=O) groups is 2. The SMILES string of the molecule is CC(C)(C)OC(=O)N1CCc2ccc(CCl)c(F)c2C1.CC(C)(C)OC(=O)N1CCc2ccc(CO)c(F)c2C1. The molecule has 4 rings (SSSR count). The van der Waals surface area contributed by atoms with Crippen molar-refractivity contribution in [2.75, 3.05) is 13.1 Å². The molecule has 0 fully saturated rings. The number of hydrogen-bond acceptors (Lipinski definition) is 5. The van der Waals surface area contributed by atoms with E-state index in [0.717, 1.165) is 11.1 Å². The first-order valence-corrected chi connectivity index (χ1v) is 13.9. The van der Waals surface area contributed by atoms with E-state index in [0.29, 0.717) is 42.6 Å². The number of rotatable bonds is 2. The molecule has 0 aromatic heterocycles. The summed E-state index contributed by atoms with van der Waals surface area (Å²) in [5, 5.41) is 9.10. The zero-order chi connectivity index (χ0) is 29.8. The highest BCUT2D eigenvalue weighted by Gasteiger charge is 2.29. The van der Waals surface area contributed by atoms with Gasteiger partial charge in [0, 0.05) is 35.3 Å². The second-order valence-corrected chi connectivity index (χ2v) is 12.2. The van der Waals surface area contributed by atoms with Gasteiger partial charge in [0.2, 0.25) is 0 Å². The molecule has 2 aromatic rings. The maximum Gasteiger partial charge on any atom is 0.410 e. The lowest BCUT2D eigenvalue weighted by molar-refractivity contribution is 0.0211. The molecule has 1 N–H and O–H groups in total. The van der Waals surface area contributed by atoms with Gasteiger partial charge in [0.25, 0.3) is 0 Å². The minimum absolute atomic E-state index is 0.131. The highest BCUT2D eigenvalue weighted by Crippen LogP contribution is 2.27. The van der Waals surface area contributed by atoms with Crippen LogP contribution in [0, 0.1) is 11.6 Å². The monoisotopic (exact) mass is 580 g/mol. The summed E-state index contributed by atoms with van der Waals surface area (Å²) in [6, 6.07) is 7.01. The second kappa shape index (κ2) is 12.7. The van der Waals surface area contributed by atoms with Gasteiger partial charge < -0.3 is 24.4 Å². The zero-order valence-electron chi connectivity index (χ0n) is 24.1. The third-order valence-electron chi connectivity index (χ3n) is 6.46. The predicted molar refractivity (Wildman–Crippen MR) is 149 cm³/mol. The van der Waals surface area contributed by atoms with Crippen LogP contribution >= 0.6 is 11.6 Å². The van der Waals surface area contributed by atoms with Gasteiger partial charge in [0.05, 0.1) is 25.6 Å². The van der Waals surface area contributed by atoms with Crippen LogP contribution < -0.4 is 0 Å². The van der Waals surface area contributed by atoms with Gasteiger partial charge in [0.1, 0.15) is 22.8 Å². The van der Waals surface area contributed by atoms with Crippen molar-refractivity contribution in [2.24, 2.45) is 0 Å². The van der Waals surface area contributed by atoms with E-state index in [1.807, 2.05) is 32.9 Å². The molecule has 0 saturated carbocycles. The smallest absolute Gasteiger partial charge is 0.410 e. The third kappa shape index (κ3) is 8.07. The summed E-state index contributed by atoms with van der Waals surface area (Å²) in [5.74, 6) is -0.588. The van der Waals surface area contributed by atoms with Crippen molar-refractivity contribution >= 4 is 23.8 Å². The lowest BCUT2D eigenvalue weighted by atomic mass is 9.97. The summed E-state index contributed by atoms with van der Waals surface area (Å²) in [6.07, 6.45) is 0.390. The fraction of sp³-hybridized carbons (Fsp3) is 0.533. The van der Waals surface area contributed by atoms with E-state index in [-0.39, 0.29) is 37.0 Å². The van der Waals surface area contributed by atoms with Crippen molar-refractivity contribution in [2.45, 2.75) is 91.2 Å². The van der Waals surface area contributed by atoms with Crippen LogP contribution in [0.3, 0.4) is 0 Å². The summed E-state index contributed by atoms with van der Waals surface area (Å²) in [7, 11) is 0. The van der Waals surface area contributed by atoms with Gasteiger partial charge in [-0.25, -0.2) is 18.4 Å². The van der Waals surface area contributed by atoms with Crippen molar-refractivity contribution in [3.8, 4) is 0 Å². The topological polar surface area (TPSA) is 79.3 Å². The maximum atomic E-state index is 14.3. The molecule has 0 bridgehead atoms. The average Bonchev–Trinajstić information content (AvgIpc) is 2.87. The largest absolute Gasteiger partial charge is 0.444 e. The number of carbonyl (C=O) groups excluding carboxylic acids is 2. The van der Waals surface area contributed by atoms with Gasteiger partial charge >= 0.3 is 12.2 Å². The van der Waals surface area contributed by atoms with Gasteiger partial charge in [-0.15, -0.1) is 11.6 Å². The second-order valence-electron chi connectivity index (χ2n) is 11.9. The molecule has 2 aromatic carbocycles. The first kappa shape index (κ1) is 31.6. The highest BCUT2D eigenvalue weighted by molar-refractivity contribution is 6.17. The van der Waals surface area contributed by atoms with Gasteiger partial charge in [-0.3, -0.25) is 0 Å². The molecule has 0 atom stereocenters. The van der Waals surface area contributed by atoms with E-state index in [2.05, 4.69) is 0 Å². The molecule has 2 aliphatic rings. The summed E-state index contributed by atoms with van der Waals surface area (Å²) < 4.78 is 39.1. The van der Waals surface area contributed by atoms with Crippen LogP contribution in [-0.4, -0.2) is 51.4 Å². The van der Waals surface area contributed by atoms with Crippen LogP contribution in [0.5, 0.6) is 0 Å². The molecule has 0 radical (unpaired) electrons. The minimum Gasteiger partial charge on any atom is -0.444 e. The number of hydrogen-bond donors (Lipinski definition) is 1. The molecule has 0 aliphatic carbocycles. The number of alkyl halides is 1. The number of benzene rings is 2. The predicted octanol–water partition coefficient (Wildman–Crippen LogP) is 6.47. The summed E-state index contributed by atoms with van der Waals surface area (Å²) in [5.41, 5.74) is 2.48. The molecule has 0 spiro atoms. The van der Waals surface area contributed by atoms with E-state index in [1.165, 1.54) is 9.80 Å². The molecule has 220 valence electrons. The van der Waals surface area contributed by atoms with Gasteiger partial charge in [-0.2, -0.15) is 0 Å². The van der Waals surface area contributed by atoms with E-state index in [4.69, 9.17) is 26.2 Å². The lowest BCUT2D eigenvalue weighted by Crippen LogP contribution is -2.40. The number of aliphatic hydroxyl groups is 1. The maximum absolute atomic E-state index is 14.3. The van der Waals surface area contributed by atoms with Crippen molar-refractivity contribution < 1.29 is 33.0 Å². The molecule has 0 saturated heterocycles. The van der Waals surface area contributed by atoms with Crippen LogP contribution in [0.15, 0.2) is 24.3 Å². The lowest BCUT2D eigenvalue weighted by Gasteiger charge is -2.31. The first-order valence-electron chi connectivity index (χ1n) is 13.3. The zero-order valence-corrected chi connectivity index (χ0v) is 24.8. The van der Waals surface area contributed by atoms with Crippen LogP contribution in [-0.2, 0) is 47.9 Å². The van der Waals surface area contributed by atoms with E-state index >= 15 is 0 Å². The Morgan fingerprint density at radius 2 is 1.20 bits per heavy atom. The fourth-order valence-electron chi connectivity index (χ4n) is 4.47. The van der Waals surface area contributed by atoms with Crippen molar-refractivity contribution in [3.63, 3.8) is 0 Å². The van der Waals surface area contributed by atoms with E-state index in [9.17, 15) is 18.4 Å². The summed E-state index contributed by atoms with van der Waals surface area (Å²) >= 11 is 5.72. The molecule has 2 amide bonds. The van der Waals surface area contributed by atoms with Crippen molar-refractivity contribution in [3.05, 3.63) is 69.3 Å². The molecule has 10 heteroatoms. The first-order chi connectivity index (χ1) is 18.6. The Bertz CT molecular complexity index is 1140. The number of amides is 2. The standard InChI is InChI=1S/C15H19ClFNO2.C15H20FNO3/c1-15(2,3)20-14(19)18-7-6-10-4-5-11(8-16)13(17)12(10)9-18;1-15(2,3)20-14(19)17-7-6-10-4-5-11(9-18)13(16)12(10)8-17/h4-5H,6-9H2,1-3H3;4-5,18H,6-9H2,1-3H3. The Hall–Kier alpha value is -2.91. The van der Waals surface area contributed by atoms with Gasteiger partial charge in [-0.05, 0) is 65.5 Å². The molecule has 0 unspecified atom stereocenters. The quantitative estimate of drug-likeness (QED) is 0.412. The Kier molecular flexibility index (Phi) is 10.1. The van der Waals surface area contributed by atoms with Crippen molar-refractivity contribution in [1.82, 2.24) is 9.80 Å². The normalized spacial score (nSPS) is 14.9. The minimum atomic E-state index is -0.567. The number of fused-ring (bicyclic) bond motifs is 2. The number of nitrogens with zero attached hydrogens (tertiary/aromatic N) is 2. The van der Waals surface area contributed by atoms with Crippen LogP contribution in [0.1, 0.15) is 74.9 Å². The van der Waals surface area contributed by atoms with Crippen molar-refractivity contribution in [1.29, 1.82) is 0 Å². The van der Waals surface area contributed by atoms with Gasteiger partial charge in [-0.1, -0.05) is 24.3 Å². The average molecular weight is 581 g/mol. The Labute approximate surface area is 240 Å². The highest BCUT2D eigenvalue weighted by atomic mass is 35.5. The van der Waals surface area contributed by atoms with Crippen LogP contribution in [0.25, 0.3) is 0 Å². The Balaban J connectivity index is 0.000000220. The van der Waals surface area contributed by atoms with E-state index in [1.54, 1.807) is 32.9 Å². The summed E-state index contributed by atoms with van der Waals surface area (Å²) in [6.45, 7) is 12.0. The molecule has 2 heterocycles. The molecular formula is C30H39ClF2N2O5. The van der Waals surface area contributed by atoms with Crippen LogP contribution in [0.4, 0.5) is 18.4 Å². The molecule has 7 nitrogen and oxygen atoms in total. The number of aliphatic hydroxyl groups excluding tert-OH is 1. The molecule has 2 aliphatic heterocycles. The van der Waals surface area contributed by atoms with Crippen LogP contribution in [0.2, 0.25) is 0 Å². The van der Waals surface area contributed by atoms with E-state index < -0.39 is 29.2 Å². The number of halogens is 3. The third-order valence-corrected chi connectivity index (χ3v) is 6.75. The fourth-order valence-corrected chi connectivity index (χ4v) is 4.68. The molecule has 40 heavy (non-hydrogen) atoms. The Morgan fingerprint density at radius 3 is 1.57 bits per heavy atom. The number of ether oxygens (including phenoxy) is 2. The summed E-state index contributed by atoms with van der Waals surface area (Å²) in [4.78, 5) is 27.1. The Morgan fingerprint density at radius 1 is 0.800 bits per heavy atom.